The molecule has 0 atom stereocenters. The lowest BCUT2D eigenvalue weighted by Gasteiger charge is -2.24. The van der Waals surface area contributed by atoms with Crippen molar-refractivity contribution in [3.05, 3.63) is 16.0 Å². The van der Waals surface area contributed by atoms with E-state index in [1.54, 1.807) is 18.0 Å². The van der Waals surface area contributed by atoms with Crippen LogP contribution in [0.25, 0.3) is 0 Å². The van der Waals surface area contributed by atoms with Crippen molar-refractivity contribution in [3.8, 4) is 0 Å². The van der Waals surface area contributed by atoms with Gasteiger partial charge in [0.15, 0.2) is 0 Å². The second-order valence-electron chi connectivity index (χ2n) is 2.57. The van der Waals surface area contributed by atoms with Gasteiger partial charge in [0.05, 0.1) is 22.9 Å². The highest BCUT2D eigenvalue weighted by atomic mass is 79.9. The van der Waals surface area contributed by atoms with E-state index in [0.29, 0.717) is 5.25 Å². The van der Waals surface area contributed by atoms with Gasteiger partial charge in [0.1, 0.15) is 5.03 Å². The maximum Gasteiger partial charge on any atom is 0.223 e. The summed E-state index contributed by atoms with van der Waals surface area (Å²) in [6.45, 7) is 1.58. The molecule has 0 unspecified atom stereocenters. The molecule has 1 aromatic heterocycles. The summed E-state index contributed by atoms with van der Waals surface area (Å²) >= 11 is 10.7. The van der Waals surface area contributed by atoms with Crippen LogP contribution >= 0.6 is 39.3 Å². The van der Waals surface area contributed by atoms with Crippen LogP contribution in [0.2, 0.25) is 5.28 Å². The Balaban J connectivity index is 2.13. The van der Waals surface area contributed by atoms with Gasteiger partial charge in [0.25, 0.3) is 0 Å². The zero-order chi connectivity index (χ0) is 9.26. The SMILES string of the molecule is Clc1ncc(Br)c(SC2COC2)n1. The van der Waals surface area contributed by atoms with E-state index < -0.39 is 0 Å². The van der Waals surface area contributed by atoms with E-state index in [9.17, 15) is 0 Å². The lowest BCUT2D eigenvalue weighted by atomic mass is 10.4. The third-order valence-electron chi connectivity index (χ3n) is 1.57. The Morgan fingerprint density at radius 2 is 2.38 bits per heavy atom. The van der Waals surface area contributed by atoms with Gasteiger partial charge in [0.2, 0.25) is 5.28 Å². The van der Waals surface area contributed by atoms with Gasteiger partial charge in [-0.3, -0.25) is 0 Å². The minimum Gasteiger partial charge on any atom is -0.379 e. The highest BCUT2D eigenvalue weighted by Gasteiger charge is 2.21. The number of aromatic nitrogens is 2. The lowest BCUT2D eigenvalue weighted by molar-refractivity contribution is 0.0454. The molecule has 0 aromatic carbocycles. The molecule has 2 rings (SSSR count). The van der Waals surface area contributed by atoms with E-state index in [2.05, 4.69) is 25.9 Å². The third kappa shape index (κ3) is 2.34. The Labute approximate surface area is 93.4 Å². The first-order valence-corrected chi connectivity index (χ1v) is 5.73. The monoisotopic (exact) mass is 280 g/mol. The van der Waals surface area contributed by atoms with Gasteiger partial charge in [-0.1, -0.05) is 11.8 Å². The average Bonchev–Trinajstić information content (AvgIpc) is 2.03. The van der Waals surface area contributed by atoms with Crippen molar-refractivity contribution < 1.29 is 4.74 Å². The molecule has 1 aliphatic heterocycles. The average molecular weight is 282 g/mol. The first-order valence-electron chi connectivity index (χ1n) is 3.68. The quantitative estimate of drug-likeness (QED) is 0.616. The Morgan fingerprint density at radius 3 is 3.00 bits per heavy atom. The molecular formula is C7H6BrClN2OS. The maximum absolute atomic E-state index is 5.67. The molecular weight excluding hydrogens is 276 g/mol. The molecule has 0 N–H and O–H groups in total. The zero-order valence-corrected chi connectivity index (χ0v) is 9.69. The van der Waals surface area contributed by atoms with Crippen LogP contribution < -0.4 is 0 Å². The van der Waals surface area contributed by atoms with Gasteiger partial charge in [0, 0.05) is 6.20 Å². The fourth-order valence-corrected chi connectivity index (χ4v) is 2.46. The lowest BCUT2D eigenvalue weighted by Crippen LogP contribution is -2.30. The number of nitrogens with zero attached hydrogens (tertiary/aromatic N) is 2. The van der Waals surface area contributed by atoms with E-state index in [1.807, 2.05) is 0 Å². The molecule has 3 nitrogen and oxygen atoms in total. The number of hydrogen-bond acceptors (Lipinski definition) is 4. The second-order valence-corrected chi connectivity index (χ2v) is 5.05. The number of halogens is 2. The van der Waals surface area contributed by atoms with Crippen LogP contribution in [-0.4, -0.2) is 28.4 Å². The van der Waals surface area contributed by atoms with Crippen LogP contribution in [0.15, 0.2) is 15.7 Å². The fraction of sp³-hybridized carbons (Fsp3) is 0.429. The molecule has 0 radical (unpaired) electrons. The molecule has 1 aliphatic rings. The summed E-state index contributed by atoms with van der Waals surface area (Å²) in [5.41, 5.74) is 0. The number of rotatable bonds is 2. The van der Waals surface area contributed by atoms with Gasteiger partial charge >= 0.3 is 0 Å². The topological polar surface area (TPSA) is 35.0 Å². The van der Waals surface area contributed by atoms with E-state index in [4.69, 9.17) is 16.3 Å². The van der Waals surface area contributed by atoms with Crippen molar-refractivity contribution in [2.75, 3.05) is 13.2 Å². The molecule has 2 heterocycles. The summed E-state index contributed by atoms with van der Waals surface area (Å²) in [7, 11) is 0. The molecule has 1 saturated heterocycles. The van der Waals surface area contributed by atoms with E-state index in [1.165, 1.54) is 0 Å². The smallest absolute Gasteiger partial charge is 0.223 e. The van der Waals surface area contributed by atoms with Gasteiger partial charge in [-0.2, -0.15) is 0 Å². The summed E-state index contributed by atoms with van der Waals surface area (Å²) in [6, 6.07) is 0. The Bertz CT molecular complexity index is 321. The van der Waals surface area contributed by atoms with Crippen molar-refractivity contribution in [2.45, 2.75) is 10.3 Å². The molecule has 6 heteroatoms. The molecule has 0 saturated carbocycles. The Morgan fingerprint density at radius 1 is 1.62 bits per heavy atom. The van der Waals surface area contributed by atoms with Crippen molar-refractivity contribution in [2.24, 2.45) is 0 Å². The minimum atomic E-state index is 0.283. The molecule has 1 aromatic rings. The largest absolute Gasteiger partial charge is 0.379 e. The van der Waals surface area contributed by atoms with Crippen molar-refractivity contribution >= 4 is 39.3 Å². The third-order valence-corrected chi connectivity index (χ3v) is 3.73. The molecule has 13 heavy (non-hydrogen) atoms. The highest BCUT2D eigenvalue weighted by molar-refractivity contribution is 9.10. The molecule has 1 fully saturated rings. The minimum absolute atomic E-state index is 0.283. The Kier molecular flexibility index (Phi) is 3.08. The van der Waals surface area contributed by atoms with Crippen LogP contribution in [0.5, 0.6) is 0 Å². The fourth-order valence-electron chi connectivity index (χ4n) is 0.854. The van der Waals surface area contributed by atoms with Crippen molar-refractivity contribution in [1.82, 2.24) is 9.97 Å². The van der Waals surface area contributed by atoms with E-state index in [-0.39, 0.29) is 5.28 Å². The van der Waals surface area contributed by atoms with E-state index in [0.717, 1.165) is 22.7 Å². The predicted octanol–water partition coefficient (Wildman–Crippen LogP) is 2.38. The molecule has 0 aliphatic carbocycles. The molecule has 0 spiro atoms. The number of thioether (sulfide) groups is 1. The van der Waals surface area contributed by atoms with Crippen LogP contribution in [-0.2, 0) is 4.74 Å². The normalized spacial score (nSPS) is 17.1. The van der Waals surface area contributed by atoms with Crippen LogP contribution in [0.1, 0.15) is 0 Å². The zero-order valence-electron chi connectivity index (χ0n) is 6.54. The first kappa shape index (κ1) is 9.71. The number of ether oxygens (including phenoxy) is 1. The van der Waals surface area contributed by atoms with E-state index >= 15 is 0 Å². The van der Waals surface area contributed by atoms with Crippen molar-refractivity contribution in [1.29, 1.82) is 0 Å². The van der Waals surface area contributed by atoms with Gasteiger partial charge in [-0.15, -0.1) is 0 Å². The standard InChI is InChI=1S/C7H6BrClN2OS/c8-5-1-10-7(9)11-6(5)13-4-2-12-3-4/h1,4H,2-3H2. The summed E-state index contributed by atoms with van der Waals surface area (Å²) in [4.78, 5) is 7.96. The van der Waals surface area contributed by atoms with Crippen molar-refractivity contribution in [3.63, 3.8) is 0 Å². The summed E-state index contributed by atoms with van der Waals surface area (Å²) < 4.78 is 5.95. The first-order chi connectivity index (χ1) is 6.25. The molecule has 70 valence electrons. The Hall–Kier alpha value is 0.160. The second kappa shape index (κ2) is 4.13. The van der Waals surface area contributed by atoms with Crippen LogP contribution in [0.3, 0.4) is 0 Å². The van der Waals surface area contributed by atoms with Gasteiger partial charge in [-0.05, 0) is 27.5 Å². The van der Waals surface area contributed by atoms with Crippen LogP contribution in [0.4, 0.5) is 0 Å². The molecule has 0 amide bonds. The summed E-state index contributed by atoms with van der Waals surface area (Å²) in [6.07, 6.45) is 1.66. The summed E-state index contributed by atoms with van der Waals surface area (Å²) in [5, 5.41) is 1.67. The summed E-state index contributed by atoms with van der Waals surface area (Å²) in [5.74, 6) is 0. The number of hydrogen-bond donors (Lipinski definition) is 0. The highest BCUT2D eigenvalue weighted by Crippen LogP contribution is 2.31. The van der Waals surface area contributed by atoms with Gasteiger partial charge < -0.3 is 4.74 Å². The maximum atomic E-state index is 5.67. The predicted molar refractivity (Wildman–Crippen MR) is 55.2 cm³/mol. The van der Waals surface area contributed by atoms with Gasteiger partial charge in [-0.25, -0.2) is 9.97 Å². The molecule has 0 bridgehead atoms. The van der Waals surface area contributed by atoms with Crippen LogP contribution in [0, 0.1) is 0 Å².